The lowest BCUT2D eigenvalue weighted by Crippen LogP contribution is -2.30. The summed E-state index contributed by atoms with van der Waals surface area (Å²) < 4.78 is 0.512. The molecule has 1 aromatic carbocycles. The molecule has 2 aliphatic rings. The van der Waals surface area contributed by atoms with Gasteiger partial charge in [0.05, 0.1) is 0 Å². The van der Waals surface area contributed by atoms with Crippen molar-refractivity contribution in [2.24, 2.45) is 0 Å². The molecule has 3 rings (SSSR count). The Hall–Kier alpha value is -0.0800. The van der Waals surface area contributed by atoms with Crippen molar-refractivity contribution in [3.8, 4) is 0 Å². The molecule has 2 unspecified atom stereocenters. The molecular formula is C14H19S2+. The first kappa shape index (κ1) is 11.0. The standard InChI is InChI=1S/C14H19S2/c1-3-7-13(8-4-1)14-9-5-2-6-11-16(14)12-10-15-14/h1,3-4,7-8H,2,5-6,9-12H2/q+1. The number of rotatable bonds is 1. The maximum atomic E-state index is 2.36. The molecule has 1 aromatic rings. The minimum Gasteiger partial charge on any atom is -0.0924 e. The van der Waals surface area contributed by atoms with Crippen molar-refractivity contribution in [1.29, 1.82) is 0 Å². The number of benzene rings is 1. The van der Waals surface area contributed by atoms with Crippen LogP contribution in [-0.2, 0) is 15.0 Å². The van der Waals surface area contributed by atoms with Crippen molar-refractivity contribution in [2.45, 2.75) is 29.8 Å². The highest BCUT2D eigenvalue weighted by molar-refractivity contribution is 8.19. The van der Waals surface area contributed by atoms with E-state index in [1.165, 1.54) is 42.9 Å². The molecule has 2 fully saturated rings. The fourth-order valence-electron chi connectivity index (χ4n) is 2.94. The third-order valence-corrected chi connectivity index (χ3v) is 9.23. The summed E-state index contributed by atoms with van der Waals surface area (Å²) in [5.74, 6) is 4.35. The highest BCUT2D eigenvalue weighted by Gasteiger charge is 2.53. The second kappa shape index (κ2) is 4.66. The molecule has 0 amide bonds. The molecule has 2 saturated heterocycles. The van der Waals surface area contributed by atoms with Gasteiger partial charge < -0.3 is 0 Å². The fourth-order valence-corrected chi connectivity index (χ4v) is 8.73. The molecule has 0 spiro atoms. The average molecular weight is 251 g/mol. The normalized spacial score (nSPS) is 34.4. The van der Waals surface area contributed by atoms with Crippen LogP contribution in [0.4, 0.5) is 0 Å². The molecule has 0 aromatic heterocycles. The van der Waals surface area contributed by atoms with Gasteiger partial charge in [0.2, 0.25) is 0 Å². The van der Waals surface area contributed by atoms with Gasteiger partial charge in [0, 0.05) is 28.6 Å². The van der Waals surface area contributed by atoms with Crippen LogP contribution < -0.4 is 0 Å². The number of hydrogen-bond donors (Lipinski definition) is 0. The van der Waals surface area contributed by atoms with Gasteiger partial charge in [0.1, 0.15) is 11.5 Å². The summed E-state index contributed by atoms with van der Waals surface area (Å²) in [6.45, 7) is 0. The molecule has 0 N–H and O–H groups in total. The highest BCUT2D eigenvalue weighted by Crippen LogP contribution is 2.53. The molecule has 0 saturated carbocycles. The van der Waals surface area contributed by atoms with Gasteiger partial charge in [-0.2, -0.15) is 0 Å². The minimum atomic E-state index is 0.512. The molecule has 2 heteroatoms. The van der Waals surface area contributed by atoms with E-state index in [4.69, 9.17) is 0 Å². The molecule has 0 radical (unpaired) electrons. The Morgan fingerprint density at radius 2 is 1.88 bits per heavy atom. The van der Waals surface area contributed by atoms with Gasteiger partial charge in [-0.1, -0.05) is 42.1 Å². The Bertz CT molecular complexity index is 349. The van der Waals surface area contributed by atoms with Crippen molar-refractivity contribution in [3.05, 3.63) is 35.9 Å². The second-order valence-electron chi connectivity index (χ2n) is 4.68. The summed E-state index contributed by atoms with van der Waals surface area (Å²) in [4.78, 5) is 0. The number of thioether (sulfide) groups is 1. The van der Waals surface area contributed by atoms with Crippen molar-refractivity contribution < 1.29 is 0 Å². The van der Waals surface area contributed by atoms with Gasteiger partial charge in [-0.15, -0.1) is 0 Å². The zero-order chi connectivity index (χ0) is 10.8. The zero-order valence-electron chi connectivity index (χ0n) is 9.65. The maximum Gasteiger partial charge on any atom is 0.198 e. The van der Waals surface area contributed by atoms with Crippen LogP contribution in [-0.4, -0.2) is 17.3 Å². The lowest BCUT2D eigenvalue weighted by atomic mass is 10.1. The number of hydrogen-bond acceptors (Lipinski definition) is 1. The molecule has 0 bridgehead atoms. The van der Waals surface area contributed by atoms with E-state index in [2.05, 4.69) is 42.1 Å². The molecule has 2 aliphatic heterocycles. The van der Waals surface area contributed by atoms with Gasteiger partial charge in [-0.3, -0.25) is 0 Å². The first-order valence-electron chi connectivity index (χ1n) is 6.29. The van der Waals surface area contributed by atoms with E-state index >= 15 is 0 Å². The van der Waals surface area contributed by atoms with E-state index in [9.17, 15) is 0 Å². The third-order valence-electron chi connectivity index (χ3n) is 3.74. The summed E-state index contributed by atoms with van der Waals surface area (Å²) in [5.41, 5.74) is 1.61. The highest BCUT2D eigenvalue weighted by atomic mass is 32.2. The summed E-state index contributed by atoms with van der Waals surface area (Å²) in [7, 11) is 0.651. The van der Waals surface area contributed by atoms with Crippen molar-refractivity contribution >= 4 is 22.7 Å². The molecule has 86 valence electrons. The molecule has 2 heterocycles. The van der Waals surface area contributed by atoms with Crippen LogP contribution in [0, 0.1) is 0 Å². The molecule has 2 atom stereocenters. The molecule has 0 nitrogen and oxygen atoms in total. The van der Waals surface area contributed by atoms with Crippen LogP contribution in [0.2, 0.25) is 0 Å². The Labute approximate surface area is 106 Å². The van der Waals surface area contributed by atoms with Gasteiger partial charge in [0.15, 0.2) is 4.08 Å². The maximum absolute atomic E-state index is 2.36. The topological polar surface area (TPSA) is 0 Å². The smallest absolute Gasteiger partial charge is 0.0924 e. The Balaban J connectivity index is 1.99. The molecular weight excluding hydrogens is 232 g/mol. The second-order valence-corrected chi connectivity index (χ2v) is 8.83. The Morgan fingerprint density at radius 1 is 1.00 bits per heavy atom. The van der Waals surface area contributed by atoms with Crippen LogP contribution in [0.3, 0.4) is 0 Å². The largest absolute Gasteiger partial charge is 0.198 e. The number of fused-ring (bicyclic) bond motifs is 1. The van der Waals surface area contributed by atoms with E-state index in [1.807, 2.05) is 0 Å². The lowest BCUT2D eigenvalue weighted by Gasteiger charge is -2.25. The predicted molar refractivity (Wildman–Crippen MR) is 76.1 cm³/mol. The van der Waals surface area contributed by atoms with Gasteiger partial charge in [0.25, 0.3) is 0 Å². The van der Waals surface area contributed by atoms with Crippen molar-refractivity contribution in [3.63, 3.8) is 0 Å². The van der Waals surface area contributed by atoms with Gasteiger partial charge in [-0.25, -0.2) is 0 Å². The van der Waals surface area contributed by atoms with Crippen LogP contribution in [0.15, 0.2) is 30.3 Å². The summed E-state index contributed by atoms with van der Waals surface area (Å²) in [6.07, 6.45) is 5.78. The van der Waals surface area contributed by atoms with Gasteiger partial charge in [-0.05, 0) is 19.3 Å². The van der Waals surface area contributed by atoms with Crippen molar-refractivity contribution in [1.82, 2.24) is 0 Å². The monoisotopic (exact) mass is 251 g/mol. The van der Waals surface area contributed by atoms with Crippen LogP contribution in [0.25, 0.3) is 0 Å². The van der Waals surface area contributed by atoms with Crippen molar-refractivity contribution in [2.75, 3.05) is 17.3 Å². The van der Waals surface area contributed by atoms with E-state index in [0.29, 0.717) is 15.0 Å². The van der Waals surface area contributed by atoms with Crippen LogP contribution in [0.5, 0.6) is 0 Å². The first-order valence-corrected chi connectivity index (χ1v) is 8.84. The fraction of sp³-hybridized carbons (Fsp3) is 0.571. The Kier molecular flexibility index (Phi) is 3.21. The molecule has 0 aliphatic carbocycles. The zero-order valence-corrected chi connectivity index (χ0v) is 11.3. The summed E-state index contributed by atoms with van der Waals surface area (Å²) in [5, 5.41) is 0. The van der Waals surface area contributed by atoms with E-state index in [1.54, 1.807) is 5.56 Å². The van der Waals surface area contributed by atoms with E-state index < -0.39 is 0 Å². The first-order chi connectivity index (χ1) is 7.92. The van der Waals surface area contributed by atoms with E-state index in [-0.39, 0.29) is 0 Å². The van der Waals surface area contributed by atoms with Crippen LogP contribution in [0.1, 0.15) is 31.2 Å². The SMILES string of the molecule is c1ccc(C23CCCCC[S+]2CCS3)cc1. The predicted octanol–water partition coefficient (Wildman–Crippen LogP) is 3.78. The lowest BCUT2D eigenvalue weighted by molar-refractivity contribution is 0.659. The van der Waals surface area contributed by atoms with Gasteiger partial charge >= 0.3 is 0 Å². The average Bonchev–Trinajstić information content (AvgIpc) is 2.65. The minimum absolute atomic E-state index is 0.512. The van der Waals surface area contributed by atoms with E-state index in [0.717, 1.165) is 0 Å². The third kappa shape index (κ3) is 1.80. The molecule has 16 heavy (non-hydrogen) atoms. The summed E-state index contributed by atoms with van der Waals surface area (Å²) in [6, 6.07) is 11.3. The quantitative estimate of drug-likeness (QED) is 0.685. The van der Waals surface area contributed by atoms with Crippen LogP contribution >= 0.6 is 11.8 Å². The Morgan fingerprint density at radius 3 is 2.75 bits per heavy atom. The summed E-state index contributed by atoms with van der Waals surface area (Å²) >= 11 is 2.25.